The summed E-state index contributed by atoms with van der Waals surface area (Å²) < 4.78 is 10.7. The molecule has 0 amide bonds. The molecular weight excluding hydrogens is 442 g/mol. The van der Waals surface area contributed by atoms with E-state index in [1.54, 1.807) is 19.9 Å². The van der Waals surface area contributed by atoms with E-state index < -0.39 is 5.60 Å². The Balaban J connectivity index is 1.57. The zero-order valence-corrected chi connectivity index (χ0v) is 19.2. The number of nitrogens with zero attached hydrogens (tertiary/aromatic N) is 4. The van der Waals surface area contributed by atoms with Crippen LogP contribution in [0.1, 0.15) is 42.3 Å². The molecule has 2 aliphatic heterocycles. The minimum Gasteiger partial charge on any atom is -0.381 e. The summed E-state index contributed by atoms with van der Waals surface area (Å²) in [6.45, 7) is 5.49. The van der Waals surface area contributed by atoms with Crippen LogP contribution in [0.3, 0.4) is 0 Å². The average Bonchev–Trinajstić information content (AvgIpc) is 3.37. The molecule has 9 heteroatoms. The quantitative estimate of drug-likeness (QED) is 0.553. The van der Waals surface area contributed by atoms with Gasteiger partial charge in [0.25, 0.3) is 0 Å². The summed E-state index contributed by atoms with van der Waals surface area (Å²) in [5, 5.41) is 15.1. The van der Waals surface area contributed by atoms with Crippen LogP contribution in [-0.4, -0.2) is 40.0 Å². The van der Waals surface area contributed by atoms with Crippen LogP contribution < -0.4 is 10.6 Å². The third-order valence-electron chi connectivity index (χ3n) is 6.35. The molecular formula is C24H24ClN5O3. The van der Waals surface area contributed by atoms with Crippen LogP contribution in [0.25, 0.3) is 0 Å². The highest BCUT2D eigenvalue weighted by Crippen LogP contribution is 2.50. The van der Waals surface area contributed by atoms with Crippen LogP contribution in [0, 0.1) is 18.8 Å². The smallest absolute Gasteiger partial charge is 0.222 e. The second-order valence-electron chi connectivity index (χ2n) is 8.76. The Morgan fingerprint density at radius 2 is 2.06 bits per heavy atom. The van der Waals surface area contributed by atoms with Gasteiger partial charge in [0.05, 0.1) is 6.20 Å². The van der Waals surface area contributed by atoms with Crippen molar-refractivity contribution in [3.8, 4) is 11.8 Å². The van der Waals surface area contributed by atoms with Gasteiger partial charge in [-0.2, -0.15) is 4.98 Å². The van der Waals surface area contributed by atoms with Gasteiger partial charge in [0.2, 0.25) is 5.95 Å². The first-order valence-electron chi connectivity index (χ1n) is 10.7. The van der Waals surface area contributed by atoms with Crippen LogP contribution in [0.2, 0.25) is 5.02 Å². The average molecular weight is 466 g/mol. The molecule has 33 heavy (non-hydrogen) atoms. The first kappa shape index (κ1) is 21.7. The molecule has 3 aromatic rings. The highest BCUT2D eigenvalue weighted by Gasteiger charge is 2.45. The third kappa shape index (κ3) is 3.93. The van der Waals surface area contributed by atoms with Crippen molar-refractivity contribution in [1.82, 2.24) is 15.1 Å². The van der Waals surface area contributed by atoms with Crippen molar-refractivity contribution in [1.29, 1.82) is 0 Å². The third-order valence-corrected chi connectivity index (χ3v) is 6.61. The van der Waals surface area contributed by atoms with E-state index in [1.165, 1.54) is 11.8 Å². The van der Waals surface area contributed by atoms with Crippen molar-refractivity contribution in [2.45, 2.75) is 37.7 Å². The van der Waals surface area contributed by atoms with Gasteiger partial charge in [-0.25, -0.2) is 4.98 Å². The Kier molecular flexibility index (Phi) is 5.28. The molecule has 0 saturated carbocycles. The number of aromatic nitrogens is 3. The number of fused-ring (bicyclic) bond motifs is 2. The monoisotopic (exact) mass is 465 g/mol. The van der Waals surface area contributed by atoms with Crippen LogP contribution in [0.5, 0.6) is 0 Å². The molecule has 5 rings (SSSR count). The first-order chi connectivity index (χ1) is 15.8. The van der Waals surface area contributed by atoms with Gasteiger partial charge in [-0.05, 0) is 44.4 Å². The fourth-order valence-electron chi connectivity index (χ4n) is 4.55. The Morgan fingerprint density at radius 1 is 1.27 bits per heavy atom. The highest BCUT2D eigenvalue weighted by molar-refractivity contribution is 6.33. The lowest BCUT2D eigenvalue weighted by Crippen LogP contribution is -2.37. The normalized spacial score (nSPS) is 18.5. The lowest BCUT2D eigenvalue weighted by atomic mass is 9.76. The van der Waals surface area contributed by atoms with E-state index >= 15 is 0 Å². The van der Waals surface area contributed by atoms with E-state index in [4.69, 9.17) is 26.6 Å². The molecule has 1 aromatic carbocycles. The second-order valence-corrected chi connectivity index (χ2v) is 9.16. The SMILES string of the molecule is Cc1cc([C@@](C)(O)C#Cc2ccc3c(c2)N(c2nc(N)ncc2Cl)CC32CCOCC2)no1. The number of nitrogens with two attached hydrogens (primary N) is 1. The van der Waals surface area contributed by atoms with E-state index in [2.05, 4.69) is 37.9 Å². The van der Waals surface area contributed by atoms with Crippen molar-refractivity contribution in [3.63, 3.8) is 0 Å². The summed E-state index contributed by atoms with van der Waals surface area (Å²) in [7, 11) is 0. The van der Waals surface area contributed by atoms with Gasteiger partial charge < -0.3 is 25.0 Å². The number of ether oxygens (including phenoxy) is 1. The van der Waals surface area contributed by atoms with Crippen LogP contribution >= 0.6 is 11.6 Å². The van der Waals surface area contributed by atoms with Gasteiger partial charge in [-0.1, -0.05) is 34.7 Å². The molecule has 0 unspecified atom stereocenters. The summed E-state index contributed by atoms with van der Waals surface area (Å²) in [5.74, 6) is 7.36. The van der Waals surface area contributed by atoms with Gasteiger partial charge in [0, 0.05) is 42.5 Å². The van der Waals surface area contributed by atoms with E-state index in [9.17, 15) is 5.11 Å². The Morgan fingerprint density at radius 3 is 2.79 bits per heavy atom. The Hall–Kier alpha value is -3.12. The molecule has 0 bridgehead atoms. The second kappa shape index (κ2) is 8.03. The molecule has 2 aliphatic rings. The van der Waals surface area contributed by atoms with Gasteiger partial charge >= 0.3 is 0 Å². The maximum Gasteiger partial charge on any atom is 0.222 e. The van der Waals surface area contributed by atoms with Crippen molar-refractivity contribution in [3.05, 3.63) is 58.1 Å². The maximum atomic E-state index is 10.8. The van der Waals surface area contributed by atoms with Crippen molar-refractivity contribution in [2.24, 2.45) is 0 Å². The topological polar surface area (TPSA) is 111 Å². The van der Waals surface area contributed by atoms with Crippen molar-refractivity contribution >= 4 is 29.1 Å². The molecule has 170 valence electrons. The molecule has 1 atom stereocenters. The molecule has 1 fully saturated rings. The van der Waals surface area contributed by atoms with Crippen molar-refractivity contribution < 1.29 is 14.4 Å². The molecule has 1 spiro atoms. The molecule has 3 N–H and O–H groups in total. The summed E-state index contributed by atoms with van der Waals surface area (Å²) in [5.41, 5.74) is 7.68. The predicted molar refractivity (Wildman–Crippen MR) is 124 cm³/mol. The largest absolute Gasteiger partial charge is 0.381 e. The summed E-state index contributed by atoms with van der Waals surface area (Å²) in [6.07, 6.45) is 3.33. The number of benzene rings is 1. The number of hydrogen-bond donors (Lipinski definition) is 2. The number of halogens is 1. The summed E-state index contributed by atoms with van der Waals surface area (Å²) in [4.78, 5) is 10.5. The van der Waals surface area contributed by atoms with Gasteiger partial charge in [-0.3, -0.25) is 0 Å². The minimum absolute atomic E-state index is 0.0632. The standard InChI is InChI=1S/C24H24ClN5O3/c1-15-11-20(29-33-15)23(2,31)6-5-16-3-4-17-19(12-16)30(14-24(17)7-9-32-10-8-24)21-18(25)13-27-22(26)28-21/h3-4,11-13,31H,7-10,14H2,1-2H3,(H2,26,27,28)/t23-/m0/s1. The van der Waals surface area contributed by atoms with Gasteiger partial charge in [0.15, 0.2) is 11.4 Å². The number of aliphatic hydroxyl groups is 1. The summed E-state index contributed by atoms with van der Waals surface area (Å²) in [6, 6.07) is 7.77. The zero-order chi connectivity index (χ0) is 23.2. The lowest BCUT2D eigenvalue weighted by Gasteiger charge is -2.34. The molecule has 0 radical (unpaired) electrons. The summed E-state index contributed by atoms with van der Waals surface area (Å²) >= 11 is 6.48. The van der Waals surface area contributed by atoms with Crippen molar-refractivity contribution in [2.75, 3.05) is 30.4 Å². The van der Waals surface area contributed by atoms with Gasteiger partial charge in [-0.15, -0.1) is 0 Å². The highest BCUT2D eigenvalue weighted by atomic mass is 35.5. The first-order valence-corrected chi connectivity index (χ1v) is 11.1. The van der Waals surface area contributed by atoms with Crippen LogP contribution in [-0.2, 0) is 15.8 Å². The zero-order valence-electron chi connectivity index (χ0n) is 18.4. The molecule has 1 saturated heterocycles. The molecule has 0 aliphatic carbocycles. The fraction of sp³-hybridized carbons (Fsp3) is 0.375. The number of anilines is 3. The van der Waals surface area contributed by atoms with Gasteiger partial charge in [0.1, 0.15) is 16.5 Å². The van der Waals surface area contributed by atoms with Crippen LogP contribution in [0.4, 0.5) is 17.5 Å². The van der Waals surface area contributed by atoms with Crippen LogP contribution in [0.15, 0.2) is 35.0 Å². The predicted octanol–water partition coefficient (Wildman–Crippen LogP) is 3.47. The lowest BCUT2D eigenvalue weighted by molar-refractivity contribution is 0.0558. The molecule has 2 aromatic heterocycles. The minimum atomic E-state index is -1.44. The Bertz CT molecular complexity index is 1270. The molecule has 4 heterocycles. The molecule has 8 nitrogen and oxygen atoms in total. The number of rotatable bonds is 2. The number of hydrogen-bond acceptors (Lipinski definition) is 8. The van der Waals surface area contributed by atoms with E-state index in [0.717, 1.165) is 24.1 Å². The number of aryl methyl sites for hydroxylation is 1. The fourth-order valence-corrected chi connectivity index (χ4v) is 4.74. The van der Waals surface area contributed by atoms with E-state index in [1.807, 2.05) is 12.1 Å². The van der Waals surface area contributed by atoms with E-state index in [-0.39, 0.29) is 11.4 Å². The van der Waals surface area contributed by atoms with E-state index in [0.29, 0.717) is 42.1 Å². The maximum absolute atomic E-state index is 10.8. The number of nitrogen functional groups attached to an aromatic ring is 1. The Labute approximate surface area is 196 Å².